The molecule has 3 atom stereocenters. The molecule has 3 heterocycles. The van der Waals surface area contributed by atoms with Crippen LogP contribution in [0.4, 0.5) is 5.82 Å². The third-order valence-electron chi connectivity index (χ3n) is 6.88. The van der Waals surface area contributed by atoms with E-state index in [1.54, 1.807) is 4.57 Å². The van der Waals surface area contributed by atoms with Crippen molar-refractivity contribution < 1.29 is 31.7 Å². The Labute approximate surface area is 221 Å². The van der Waals surface area contributed by atoms with E-state index in [2.05, 4.69) is 48.8 Å². The van der Waals surface area contributed by atoms with E-state index in [0.717, 1.165) is 0 Å². The molecule has 1 fully saturated rings. The molecule has 1 saturated heterocycles. The van der Waals surface area contributed by atoms with Gasteiger partial charge in [-0.3, -0.25) is 13.5 Å². The highest BCUT2D eigenvalue weighted by atomic mass is 32.2. The average Bonchev–Trinajstić information content (AvgIpc) is 3.41. The molecular formula is C23H32N6O7SSi. The first-order valence-electron chi connectivity index (χ1n) is 11.9. The van der Waals surface area contributed by atoms with Crippen molar-refractivity contribution in [3.63, 3.8) is 0 Å². The number of ether oxygens (including phenoxy) is 1. The van der Waals surface area contributed by atoms with Crippen LogP contribution in [0.15, 0.2) is 36.9 Å². The quantitative estimate of drug-likeness (QED) is 0.342. The van der Waals surface area contributed by atoms with Crippen LogP contribution in [0.3, 0.4) is 0 Å². The third-order valence-corrected chi connectivity index (χ3v) is 12.3. The maximum atomic E-state index is 12.6. The van der Waals surface area contributed by atoms with Gasteiger partial charge < -0.3 is 20.0 Å². The van der Waals surface area contributed by atoms with Crippen molar-refractivity contribution in [2.45, 2.75) is 63.8 Å². The number of hydrogen-bond acceptors (Lipinski definition) is 11. The summed E-state index contributed by atoms with van der Waals surface area (Å²) in [5.74, 6) is -1.15. The number of amides is 1. The van der Waals surface area contributed by atoms with Crippen LogP contribution in [0, 0.1) is 0 Å². The van der Waals surface area contributed by atoms with Gasteiger partial charge in [0.1, 0.15) is 29.9 Å². The number of phenols is 1. The number of rotatable bonds is 8. The summed E-state index contributed by atoms with van der Waals surface area (Å²) in [6.07, 6.45) is 1.35. The summed E-state index contributed by atoms with van der Waals surface area (Å²) in [5.41, 5.74) is 6.61. The van der Waals surface area contributed by atoms with Crippen molar-refractivity contribution in [3.05, 3.63) is 42.5 Å². The highest BCUT2D eigenvalue weighted by Gasteiger charge is 2.46. The van der Waals surface area contributed by atoms with Crippen LogP contribution < -0.4 is 10.5 Å². The molecule has 4 N–H and O–H groups in total. The van der Waals surface area contributed by atoms with Gasteiger partial charge in [0.25, 0.3) is 5.91 Å². The van der Waals surface area contributed by atoms with E-state index < -0.39 is 49.6 Å². The Morgan fingerprint density at radius 2 is 1.97 bits per heavy atom. The summed E-state index contributed by atoms with van der Waals surface area (Å²) < 4.78 is 46.6. The first-order valence-corrected chi connectivity index (χ1v) is 16.3. The van der Waals surface area contributed by atoms with E-state index in [4.69, 9.17) is 19.1 Å². The van der Waals surface area contributed by atoms with Gasteiger partial charge in [-0.25, -0.2) is 19.7 Å². The standard InChI is InChI=1S/C23H32N6O7SSi/c1-23(2,3)38(4,5)36-16-10-18(29-13-27-19-20(24)25-12-26-21(19)29)35-17(16)11-34-37(32,33)28-22(31)14-8-6-7-9-15(14)30/h6-9,12-13,16-18,30H,10-11H2,1-5H3,(H,28,31)(H2,24,25,26)/t16?,17-,18-/m1/s1. The van der Waals surface area contributed by atoms with Crippen LogP contribution in [0.2, 0.25) is 18.1 Å². The highest BCUT2D eigenvalue weighted by Crippen LogP contribution is 2.41. The number of imidazole rings is 1. The number of aromatic hydroxyl groups is 1. The Balaban J connectivity index is 1.53. The number of carbonyl (C=O) groups excluding carboxylic acids is 1. The lowest BCUT2D eigenvalue weighted by Gasteiger charge is -2.39. The minimum Gasteiger partial charge on any atom is -0.507 e. The van der Waals surface area contributed by atoms with Gasteiger partial charge in [-0.05, 0) is 30.3 Å². The zero-order chi connectivity index (χ0) is 27.9. The molecule has 38 heavy (non-hydrogen) atoms. The number of aromatic nitrogens is 4. The molecule has 1 unspecified atom stereocenters. The first-order chi connectivity index (χ1) is 17.7. The SMILES string of the molecule is CC(C)(C)[Si](C)(C)OC1C[C@H](n2cnc3c(N)ncnc32)O[C@@H]1COS(=O)(=O)NC(=O)c1ccccc1O. The predicted octanol–water partition coefficient (Wildman–Crippen LogP) is 2.48. The number of nitrogens with zero attached hydrogens (tertiary/aromatic N) is 4. The van der Waals surface area contributed by atoms with Crippen molar-refractivity contribution in [2.24, 2.45) is 0 Å². The number of phenolic OH excluding ortho intramolecular Hbond substituents is 1. The van der Waals surface area contributed by atoms with Gasteiger partial charge in [-0.2, -0.15) is 8.42 Å². The topological polar surface area (TPSA) is 181 Å². The Kier molecular flexibility index (Phi) is 7.51. The van der Waals surface area contributed by atoms with Crippen molar-refractivity contribution in [1.82, 2.24) is 24.2 Å². The Bertz CT molecular complexity index is 1440. The van der Waals surface area contributed by atoms with Gasteiger partial charge in [0.2, 0.25) is 0 Å². The zero-order valence-corrected chi connectivity index (χ0v) is 23.6. The smallest absolute Gasteiger partial charge is 0.362 e. The molecule has 0 bridgehead atoms. The molecule has 15 heteroatoms. The second-order valence-corrected chi connectivity index (χ2v) is 16.7. The fraction of sp³-hybridized carbons (Fsp3) is 0.478. The molecule has 0 aliphatic carbocycles. The maximum Gasteiger partial charge on any atom is 0.362 e. The number of hydrogen-bond donors (Lipinski definition) is 3. The lowest BCUT2D eigenvalue weighted by atomic mass is 10.2. The molecule has 1 aliphatic rings. The number of nitrogen functional groups attached to an aromatic ring is 1. The molecule has 2 aromatic heterocycles. The van der Waals surface area contributed by atoms with E-state index in [0.29, 0.717) is 17.6 Å². The molecule has 1 amide bonds. The molecular weight excluding hydrogens is 532 g/mol. The lowest BCUT2D eigenvalue weighted by molar-refractivity contribution is -0.0351. The van der Waals surface area contributed by atoms with E-state index in [1.165, 1.54) is 36.9 Å². The monoisotopic (exact) mass is 564 g/mol. The summed E-state index contributed by atoms with van der Waals surface area (Å²) >= 11 is 0. The molecule has 1 aromatic carbocycles. The molecule has 206 valence electrons. The second-order valence-electron chi connectivity index (χ2n) is 10.6. The van der Waals surface area contributed by atoms with Crippen molar-refractivity contribution in [2.75, 3.05) is 12.3 Å². The number of para-hydroxylation sites is 1. The first kappa shape index (κ1) is 27.9. The van der Waals surface area contributed by atoms with Gasteiger partial charge in [0.05, 0.1) is 24.6 Å². The minimum atomic E-state index is -4.53. The van der Waals surface area contributed by atoms with E-state index in [9.17, 15) is 18.3 Å². The van der Waals surface area contributed by atoms with Crippen LogP contribution in [-0.4, -0.2) is 66.1 Å². The molecule has 0 spiro atoms. The molecule has 4 rings (SSSR count). The highest BCUT2D eigenvalue weighted by molar-refractivity contribution is 7.85. The van der Waals surface area contributed by atoms with Crippen molar-refractivity contribution in [1.29, 1.82) is 0 Å². The number of anilines is 1. The maximum absolute atomic E-state index is 12.6. The van der Waals surface area contributed by atoms with Crippen LogP contribution in [-0.2, 0) is 23.7 Å². The molecule has 3 aromatic rings. The van der Waals surface area contributed by atoms with Crippen molar-refractivity contribution in [3.8, 4) is 5.75 Å². The van der Waals surface area contributed by atoms with Gasteiger partial charge in [-0.15, -0.1) is 0 Å². The summed E-state index contributed by atoms with van der Waals surface area (Å²) in [6, 6.07) is 5.57. The van der Waals surface area contributed by atoms with E-state index >= 15 is 0 Å². The summed E-state index contributed by atoms with van der Waals surface area (Å²) in [7, 11) is -6.82. The largest absolute Gasteiger partial charge is 0.507 e. The van der Waals surface area contributed by atoms with Gasteiger partial charge in [0, 0.05) is 6.42 Å². The number of fused-ring (bicyclic) bond motifs is 1. The number of nitrogens with two attached hydrogens (primary N) is 1. The van der Waals surface area contributed by atoms with Crippen molar-refractivity contribution >= 4 is 41.5 Å². The molecule has 13 nitrogen and oxygen atoms in total. The summed E-state index contributed by atoms with van der Waals surface area (Å²) in [5, 5.41) is 9.73. The van der Waals surface area contributed by atoms with Gasteiger partial charge >= 0.3 is 10.3 Å². The number of nitrogens with one attached hydrogen (secondary N) is 1. The summed E-state index contributed by atoms with van der Waals surface area (Å²) in [6.45, 7) is 10.0. The minimum absolute atomic E-state index is 0.113. The normalized spacial score (nSPS) is 20.6. The Hall–Kier alpha value is -3.11. The van der Waals surface area contributed by atoms with Crippen LogP contribution in [0.1, 0.15) is 43.8 Å². The Morgan fingerprint density at radius 1 is 1.26 bits per heavy atom. The zero-order valence-electron chi connectivity index (χ0n) is 21.8. The van der Waals surface area contributed by atoms with Gasteiger partial charge in [0.15, 0.2) is 19.8 Å². The molecule has 0 saturated carbocycles. The summed E-state index contributed by atoms with van der Waals surface area (Å²) in [4.78, 5) is 24.9. The lowest BCUT2D eigenvalue weighted by Crippen LogP contribution is -2.47. The van der Waals surface area contributed by atoms with Gasteiger partial charge in [-0.1, -0.05) is 32.9 Å². The third kappa shape index (κ3) is 5.81. The number of carbonyl (C=O) groups is 1. The van der Waals surface area contributed by atoms with Crippen LogP contribution in [0.25, 0.3) is 11.2 Å². The van der Waals surface area contributed by atoms with Crippen LogP contribution >= 0.6 is 0 Å². The van der Waals surface area contributed by atoms with Crippen LogP contribution in [0.5, 0.6) is 5.75 Å². The van der Waals surface area contributed by atoms with E-state index in [1.807, 2.05) is 4.72 Å². The second kappa shape index (κ2) is 10.2. The fourth-order valence-electron chi connectivity index (χ4n) is 3.80. The Morgan fingerprint density at radius 3 is 2.66 bits per heavy atom. The average molecular weight is 565 g/mol. The number of benzene rings is 1. The fourth-order valence-corrected chi connectivity index (χ4v) is 5.87. The van der Waals surface area contributed by atoms with E-state index in [-0.39, 0.29) is 22.2 Å². The molecule has 0 radical (unpaired) electrons. The predicted molar refractivity (Wildman–Crippen MR) is 141 cm³/mol. The molecule has 1 aliphatic heterocycles.